The standard InChI is InChI=1S/C13H22N2O2S2/c1-3-14-7-4-10-19(16,17)15-8-5-13-12(11(15)2)6-9-18-13/h6,9,11,14H,3-5,7-8,10H2,1-2H3. The van der Waals surface area contributed by atoms with Crippen LogP contribution in [0, 0.1) is 0 Å². The van der Waals surface area contributed by atoms with Crippen molar-refractivity contribution in [2.75, 3.05) is 25.4 Å². The van der Waals surface area contributed by atoms with E-state index in [9.17, 15) is 8.42 Å². The lowest BCUT2D eigenvalue weighted by molar-refractivity contribution is 0.328. The molecule has 0 aromatic carbocycles. The van der Waals surface area contributed by atoms with E-state index in [-0.39, 0.29) is 11.8 Å². The highest BCUT2D eigenvalue weighted by Gasteiger charge is 2.32. The number of rotatable bonds is 6. The van der Waals surface area contributed by atoms with Gasteiger partial charge in [-0.2, -0.15) is 4.31 Å². The van der Waals surface area contributed by atoms with E-state index in [4.69, 9.17) is 0 Å². The van der Waals surface area contributed by atoms with Crippen LogP contribution in [0.4, 0.5) is 0 Å². The lowest BCUT2D eigenvalue weighted by Crippen LogP contribution is -2.40. The molecule has 6 heteroatoms. The molecule has 1 N–H and O–H groups in total. The first-order chi connectivity index (χ1) is 9.06. The Morgan fingerprint density at radius 1 is 1.53 bits per heavy atom. The zero-order chi connectivity index (χ0) is 13.9. The van der Waals surface area contributed by atoms with Gasteiger partial charge in [0.25, 0.3) is 0 Å². The van der Waals surface area contributed by atoms with Crippen molar-refractivity contribution in [3.05, 3.63) is 21.9 Å². The molecule has 1 aromatic heterocycles. The van der Waals surface area contributed by atoms with Crippen LogP contribution in [0.1, 0.15) is 36.8 Å². The van der Waals surface area contributed by atoms with E-state index < -0.39 is 10.0 Å². The molecule has 0 aliphatic carbocycles. The van der Waals surface area contributed by atoms with Gasteiger partial charge in [-0.1, -0.05) is 6.92 Å². The number of sulfonamides is 1. The molecule has 1 aliphatic heterocycles. The first-order valence-corrected chi connectivity index (χ1v) is 9.31. The minimum atomic E-state index is -3.14. The zero-order valence-corrected chi connectivity index (χ0v) is 13.2. The van der Waals surface area contributed by atoms with Crippen molar-refractivity contribution in [3.8, 4) is 0 Å². The first kappa shape index (κ1) is 15.0. The molecule has 1 aromatic rings. The number of hydrogen-bond acceptors (Lipinski definition) is 4. The summed E-state index contributed by atoms with van der Waals surface area (Å²) in [5.74, 6) is 0.240. The molecule has 0 saturated heterocycles. The molecule has 1 aliphatic rings. The molecule has 0 bridgehead atoms. The molecule has 0 fully saturated rings. The maximum atomic E-state index is 12.4. The Hall–Kier alpha value is -0.430. The second-order valence-corrected chi connectivity index (χ2v) is 7.90. The first-order valence-electron chi connectivity index (χ1n) is 6.82. The van der Waals surface area contributed by atoms with E-state index in [1.807, 2.05) is 13.8 Å². The predicted molar refractivity (Wildman–Crippen MR) is 80.1 cm³/mol. The van der Waals surface area contributed by atoms with E-state index in [0.717, 1.165) is 19.5 Å². The quantitative estimate of drug-likeness (QED) is 0.818. The maximum Gasteiger partial charge on any atom is 0.214 e. The summed E-state index contributed by atoms with van der Waals surface area (Å²) in [6, 6.07) is 2.05. The van der Waals surface area contributed by atoms with Gasteiger partial charge in [-0.25, -0.2) is 8.42 Å². The second-order valence-electron chi connectivity index (χ2n) is 4.86. The number of thiophene rings is 1. The van der Waals surface area contributed by atoms with E-state index in [1.54, 1.807) is 15.6 Å². The fraction of sp³-hybridized carbons (Fsp3) is 0.692. The second kappa shape index (κ2) is 6.35. The van der Waals surface area contributed by atoms with Crippen molar-refractivity contribution in [3.63, 3.8) is 0 Å². The summed E-state index contributed by atoms with van der Waals surface area (Å²) in [7, 11) is -3.14. The molecular weight excluding hydrogens is 280 g/mol. The van der Waals surface area contributed by atoms with E-state index in [2.05, 4.69) is 16.8 Å². The lowest BCUT2D eigenvalue weighted by Gasteiger charge is -2.32. The van der Waals surface area contributed by atoms with Gasteiger partial charge in [-0.15, -0.1) is 11.3 Å². The average molecular weight is 302 g/mol. The van der Waals surface area contributed by atoms with Crippen molar-refractivity contribution in [2.24, 2.45) is 0 Å². The Balaban J connectivity index is 2.02. The third-order valence-corrected chi connectivity index (χ3v) is 6.60. The smallest absolute Gasteiger partial charge is 0.214 e. The summed E-state index contributed by atoms with van der Waals surface area (Å²) in [5.41, 5.74) is 1.19. The van der Waals surface area contributed by atoms with Crippen LogP contribution < -0.4 is 5.32 Å². The molecule has 2 heterocycles. The fourth-order valence-electron chi connectivity index (χ4n) is 2.54. The van der Waals surface area contributed by atoms with E-state index in [0.29, 0.717) is 13.0 Å². The predicted octanol–water partition coefficient (Wildman–Crippen LogP) is 2.00. The van der Waals surface area contributed by atoms with Crippen LogP contribution in [0.15, 0.2) is 11.4 Å². The van der Waals surface area contributed by atoms with Crippen molar-refractivity contribution in [1.82, 2.24) is 9.62 Å². The molecule has 0 radical (unpaired) electrons. The molecule has 0 spiro atoms. The van der Waals surface area contributed by atoms with Crippen molar-refractivity contribution < 1.29 is 8.42 Å². The minimum Gasteiger partial charge on any atom is -0.317 e. The fourth-order valence-corrected chi connectivity index (χ4v) is 5.21. The van der Waals surface area contributed by atoms with Gasteiger partial charge in [-0.05, 0) is 49.9 Å². The molecule has 0 saturated carbocycles. The van der Waals surface area contributed by atoms with Crippen LogP contribution in [0.3, 0.4) is 0 Å². The van der Waals surface area contributed by atoms with Crippen molar-refractivity contribution in [2.45, 2.75) is 32.7 Å². The van der Waals surface area contributed by atoms with Gasteiger partial charge >= 0.3 is 0 Å². The molecular formula is C13H22N2O2S2. The van der Waals surface area contributed by atoms with Gasteiger partial charge in [0.15, 0.2) is 0 Å². The van der Waals surface area contributed by atoms with Crippen LogP contribution in [0.25, 0.3) is 0 Å². The number of fused-ring (bicyclic) bond motifs is 1. The number of hydrogen-bond donors (Lipinski definition) is 1. The summed E-state index contributed by atoms with van der Waals surface area (Å²) < 4.78 is 26.5. The van der Waals surface area contributed by atoms with Crippen molar-refractivity contribution in [1.29, 1.82) is 0 Å². The van der Waals surface area contributed by atoms with E-state index >= 15 is 0 Å². The molecule has 2 rings (SSSR count). The number of nitrogens with zero attached hydrogens (tertiary/aromatic N) is 1. The highest BCUT2D eigenvalue weighted by atomic mass is 32.2. The monoisotopic (exact) mass is 302 g/mol. The van der Waals surface area contributed by atoms with Crippen molar-refractivity contribution >= 4 is 21.4 Å². The lowest BCUT2D eigenvalue weighted by atomic mass is 10.0. The SMILES string of the molecule is CCNCCCS(=O)(=O)N1CCc2sccc2C1C. The average Bonchev–Trinajstić information content (AvgIpc) is 2.84. The third kappa shape index (κ3) is 3.37. The largest absolute Gasteiger partial charge is 0.317 e. The van der Waals surface area contributed by atoms with Gasteiger partial charge in [0, 0.05) is 17.5 Å². The van der Waals surface area contributed by atoms with E-state index in [1.165, 1.54) is 10.4 Å². The Kier molecular flexibility index (Phi) is 5.00. The zero-order valence-electron chi connectivity index (χ0n) is 11.6. The number of nitrogens with one attached hydrogen (secondary N) is 1. The van der Waals surface area contributed by atoms with Crippen LogP contribution >= 0.6 is 11.3 Å². The Morgan fingerprint density at radius 2 is 2.32 bits per heavy atom. The third-order valence-electron chi connectivity index (χ3n) is 3.58. The molecule has 19 heavy (non-hydrogen) atoms. The summed E-state index contributed by atoms with van der Waals surface area (Å²) in [6.07, 6.45) is 1.53. The van der Waals surface area contributed by atoms with Crippen LogP contribution in [0.5, 0.6) is 0 Å². The highest BCUT2D eigenvalue weighted by Crippen LogP contribution is 2.34. The summed E-state index contributed by atoms with van der Waals surface area (Å²) in [4.78, 5) is 1.34. The normalized spacial score (nSPS) is 20.4. The highest BCUT2D eigenvalue weighted by molar-refractivity contribution is 7.89. The molecule has 0 amide bonds. The summed E-state index contributed by atoms with van der Waals surface area (Å²) in [5, 5.41) is 5.22. The van der Waals surface area contributed by atoms with Gasteiger partial charge in [0.2, 0.25) is 10.0 Å². The Bertz CT molecular complexity index is 510. The van der Waals surface area contributed by atoms with Gasteiger partial charge < -0.3 is 5.32 Å². The minimum absolute atomic E-state index is 0.0147. The van der Waals surface area contributed by atoms with Gasteiger partial charge in [0.1, 0.15) is 0 Å². The van der Waals surface area contributed by atoms with Crippen LogP contribution in [-0.4, -0.2) is 38.1 Å². The van der Waals surface area contributed by atoms with Crippen LogP contribution in [-0.2, 0) is 16.4 Å². The molecule has 4 nitrogen and oxygen atoms in total. The van der Waals surface area contributed by atoms with Gasteiger partial charge in [0.05, 0.1) is 5.75 Å². The Labute approximate surface area is 119 Å². The molecule has 1 unspecified atom stereocenters. The Morgan fingerprint density at radius 3 is 3.05 bits per heavy atom. The maximum absolute atomic E-state index is 12.4. The molecule has 108 valence electrons. The topological polar surface area (TPSA) is 49.4 Å². The molecule has 1 atom stereocenters. The summed E-state index contributed by atoms with van der Waals surface area (Å²) in [6.45, 7) is 6.30. The van der Waals surface area contributed by atoms with Crippen LogP contribution in [0.2, 0.25) is 0 Å². The summed E-state index contributed by atoms with van der Waals surface area (Å²) >= 11 is 1.73. The van der Waals surface area contributed by atoms with Gasteiger partial charge in [-0.3, -0.25) is 0 Å².